The van der Waals surface area contributed by atoms with Crippen LogP contribution in [0.1, 0.15) is 50.5 Å². The average molecular weight is 276 g/mol. The first-order valence-electron chi connectivity index (χ1n) is 7.43. The molecule has 1 aliphatic rings. The second-order valence-electron chi connectivity index (χ2n) is 5.64. The third-order valence-corrected chi connectivity index (χ3v) is 3.53. The Morgan fingerprint density at radius 3 is 2.85 bits per heavy atom. The van der Waals surface area contributed by atoms with Crippen molar-refractivity contribution in [2.75, 3.05) is 25.0 Å². The monoisotopic (exact) mass is 276 g/mol. The Morgan fingerprint density at radius 1 is 1.40 bits per heavy atom. The summed E-state index contributed by atoms with van der Waals surface area (Å²) in [6.07, 6.45) is 2.68. The van der Waals surface area contributed by atoms with Crippen molar-refractivity contribution >= 4 is 11.7 Å². The van der Waals surface area contributed by atoms with Crippen LogP contribution in [0.4, 0.5) is 5.82 Å². The predicted octanol–water partition coefficient (Wildman–Crippen LogP) is 2.33. The van der Waals surface area contributed by atoms with Crippen LogP contribution in [-0.2, 0) is 4.79 Å². The predicted molar refractivity (Wildman–Crippen MR) is 79.8 cm³/mol. The Balaban J connectivity index is 1.80. The first kappa shape index (κ1) is 14.8. The highest BCUT2D eigenvalue weighted by Gasteiger charge is 2.18. The quantitative estimate of drug-likeness (QED) is 0.810. The Bertz CT molecular complexity index is 473. The van der Waals surface area contributed by atoms with E-state index in [0.29, 0.717) is 11.8 Å². The van der Waals surface area contributed by atoms with E-state index in [1.165, 1.54) is 0 Å². The number of nitrogens with zero attached hydrogens (tertiary/aromatic N) is 3. The molecule has 2 rings (SSSR count). The van der Waals surface area contributed by atoms with Crippen molar-refractivity contribution in [2.45, 2.75) is 46.0 Å². The van der Waals surface area contributed by atoms with Crippen molar-refractivity contribution in [2.24, 2.45) is 0 Å². The zero-order chi connectivity index (χ0) is 14.5. The molecule has 5 heteroatoms. The van der Waals surface area contributed by atoms with Crippen LogP contribution in [-0.4, -0.2) is 40.4 Å². The molecule has 0 bridgehead atoms. The maximum Gasteiger partial charge on any atom is 0.222 e. The standard InChI is InChI=1S/C15H24N4O/c1-11(2)13-10-14(18-12(3)17-13)16-7-5-9-19-8-4-6-15(19)20/h10-11H,4-9H2,1-3H3,(H,16,17,18). The molecule has 0 unspecified atom stereocenters. The topological polar surface area (TPSA) is 58.1 Å². The van der Waals surface area contributed by atoms with Crippen molar-refractivity contribution in [3.63, 3.8) is 0 Å². The van der Waals surface area contributed by atoms with Crippen molar-refractivity contribution < 1.29 is 4.79 Å². The SMILES string of the molecule is Cc1nc(NCCCN2CCCC2=O)cc(C(C)C)n1. The van der Waals surface area contributed by atoms with E-state index in [0.717, 1.165) is 56.2 Å². The number of carbonyl (C=O) groups excluding carboxylic acids is 1. The van der Waals surface area contributed by atoms with Gasteiger partial charge < -0.3 is 10.2 Å². The lowest BCUT2D eigenvalue weighted by atomic mass is 10.1. The molecular weight excluding hydrogens is 252 g/mol. The molecule has 1 saturated heterocycles. The van der Waals surface area contributed by atoms with E-state index in [1.54, 1.807) is 0 Å². The van der Waals surface area contributed by atoms with Gasteiger partial charge in [0.25, 0.3) is 0 Å². The minimum atomic E-state index is 0.296. The summed E-state index contributed by atoms with van der Waals surface area (Å²) in [5.41, 5.74) is 1.06. The number of aromatic nitrogens is 2. The van der Waals surface area contributed by atoms with Crippen molar-refractivity contribution in [3.05, 3.63) is 17.6 Å². The molecule has 1 fully saturated rings. The summed E-state index contributed by atoms with van der Waals surface area (Å²) in [5.74, 6) is 2.38. The van der Waals surface area contributed by atoms with Gasteiger partial charge in [0.05, 0.1) is 0 Å². The third-order valence-electron chi connectivity index (χ3n) is 3.53. The Labute approximate surface area is 120 Å². The molecule has 20 heavy (non-hydrogen) atoms. The van der Waals surface area contributed by atoms with Crippen molar-refractivity contribution in [1.82, 2.24) is 14.9 Å². The van der Waals surface area contributed by atoms with E-state index >= 15 is 0 Å². The fourth-order valence-electron chi connectivity index (χ4n) is 2.40. The van der Waals surface area contributed by atoms with Gasteiger partial charge in [0.1, 0.15) is 11.6 Å². The van der Waals surface area contributed by atoms with Gasteiger partial charge in [0.2, 0.25) is 5.91 Å². The van der Waals surface area contributed by atoms with Crippen LogP contribution in [0.3, 0.4) is 0 Å². The van der Waals surface area contributed by atoms with Crippen LogP contribution in [0.2, 0.25) is 0 Å². The molecule has 1 aromatic heterocycles. The molecule has 1 aromatic rings. The van der Waals surface area contributed by atoms with Gasteiger partial charge in [-0.05, 0) is 25.7 Å². The number of hydrogen-bond donors (Lipinski definition) is 1. The summed E-state index contributed by atoms with van der Waals surface area (Å²) in [6.45, 7) is 8.77. The van der Waals surface area contributed by atoms with Crippen LogP contribution in [0, 0.1) is 6.92 Å². The molecule has 5 nitrogen and oxygen atoms in total. The van der Waals surface area contributed by atoms with Crippen molar-refractivity contribution in [3.8, 4) is 0 Å². The lowest BCUT2D eigenvalue weighted by Crippen LogP contribution is -2.27. The van der Waals surface area contributed by atoms with Gasteiger partial charge in [-0.2, -0.15) is 0 Å². The lowest BCUT2D eigenvalue weighted by molar-refractivity contribution is -0.127. The van der Waals surface area contributed by atoms with Crippen LogP contribution in [0.25, 0.3) is 0 Å². The zero-order valence-electron chi connectivity index (χ0n) is 12.6. The molecule has 0 saturated carbocycles. The van der Waals surface area contributed by atoms with E-state index in [1.807, 2.05) is 17.9 Å². The normalized spacial score (nSPS) is 15.2. The second kappa shape index (κ2) is 6.68. The molecule has 110 valence electrons. The fraction of sp³-hybridized carbons (Fsp3) is 0.667. The highest BCUT2D eigenvalue weighted by molar-refractivity contribution is 5.77. The summed E-state index contributed by atoms with van der Waals surface area (Å²) < 4.78 is 0. The summed E-state index contributed by atoms with van der Waals surface area (Å²) >= 11 is 0. The Hall–Kier alpha value is -1.65. The molecule has 2 heterocycles. The van der Waals surface area contributed by atoms with Gasteiger partial charge in [-0.1, -0.05) is 13.8 Å². The number of aryl methyl sites for hydroxylation is 1. The first-order valence-corrected chi connectivity index (χ1v) is 7.43. The minimum absolute atomic E-state index is 0.296. The second-order valence-corrected chi connectivity index (χ2v) is 5.64. The molecule has 1 N–H and O–H groups in total. The Kier molecular flexibility index (Phi) is 4.93. The number of carbonyl (C=O) groups is 1. The number of rotatable bonds is 6. The first-order chi connectivity index (χ1) is 9.56. The van der Waals surface area contributed by atoms with E-state index in [4.69, 9.17) is 0 Å². The number of likely N-dealkylation sites (tertiary alicyclic amines) is 1. The van der Waals surface area contributed by atoms with Gasteiger partial charge in [-0.15, -0.1) is 0 Å². The summed E-state index contributed by atoms with van der Waals surface area (Å²) in [7, 11) is 0. The zero-order valence-corrected chi connectivity index (χ0v) is 12.6. The van der Waals surface area contributed by atoms with Crippen LogP contribution < -0.4 is 5.32 Å². The van der Waals surface area contributed by atoms with Gasteiger partial charge in [0, 0.05) is 37.8 Å². The highest BCUT2D eigenvalue weighted by atomic mass is 16.2. The van der Waals surface area contributed by atoms with Gasteiger partial charge in [-0.3, -0.25) is 4.79 Å². The molecule has 0 aliphatic carbocycles. The van der Waals surface area contributed by atoms with Crippen molar-refractivity contribution in [1.29, 1.82) is 0 Å². The van der Waals surface area contributed by atoms with E-state index in [-0.39, 0.29) is 0 Å². The van der Waals surface area contributed by atoms with Crippen LogP contribution >= 0.6 is 0 Å². The van der Waals surface area contributed by atoms with E-state index in [2.05, 4.69) is 29.1 Å². The summed E-state index contributed by atoms with van der Waals surface area (Å²) in [6, 6.07) is 2.01. The molecule has 0 spiro atoms. The average Bonchev–Trinajstić information content (AvgIpc) is 2.80. The van der Waals surface area contributed by atoms with Gasteiger partial charge >= 0.3 is 0 Å². The maximum absolute atomic E-state index is 11.5. The smallest absolute Gasteiger partial charge is 0.222 e. The molecule has 0 aromatic carbocycles. The third kappa shape index (κ3) is 3.92. The van der Waals surface area contributed by atoms with Gasteiger partial charge in [0.15, 0.2) is 0 Å². The molecule has 0 atom stereocenters. The van der Waals surface area contributed by atoms with Crippen LogP contribution in [0.15, 0.2) is 6.07 Å². The molecular formula is C15H24N4O. The minimum Gasteiger partial charge on any atom is -0.370 e. The molecule has 0 radical (unpaired) electrons. The number of nitrogens with one attached hydrogen (secondary N) is 1. The number of amides is 1. The number of anilines is 1. The molecule has 1 aliphatic heterocycles. The van der Waals surface area contributed by atoms with Crippen LogP contribution in [0.5, 0.6) is 0 Å². The highest BCUT2D eigenvalue weighted by Crippen LogP contribution is 2.15. The fourth-order valence-corrected chi connectivity index (χ4v) is 2.40. The Morgan fingerprint density at radius 2 is 2.20 bits per heavy atom. The van der Waals surface area contributed by atoms with E-state index in [9.17, 15) is 4.79 Å². The summed E-state index contributed by atoms with van der Waals surface area (Å²) in [4.78, 5) is 22.3. The van der Waals surface area contributed by atoms with Gasteiger partial charge in [-0.25, -0.2) is 9.97 Å². The number of hydrogen-bond acceptors (Lipinski definition) is 4. The molecule has 1 amide bonds. The lowest BCUT2D eigenvalue weighted by Gasteiger charge is -2.15. The van der Waals surface area contributed by atoms with E-state index < -0.39 is 0 Å². The largest absolute Gasteiger partial charge is 0.370 e. The maximum atomic E-state index is 11.5. The summed E-state index contributed by atoms with van der Waals surface area (Å²) in [5, 5.41) is 3.33.